The number of rotatable bonds is 7. The number of imidazole rings is 1. The van der Waals surface area contributed by atoms with Gasteiger partial charge in [0.15, 0.2) is 23.3 Å². The van der Waals surface area contributed by atoms with E-state index in [4.69, 9.17) is 14.2 Å². The normalized spacial score (nSPS) is 11.6. The predicted molar refractivity (Wildman–Crippen MR) is 99.3 cm³/mol. The number of nitrogens with zero attached hydrogens (tertiary/aromatic N) is 2. The molecule has 150 valence electrons. The SMILES string of the molecule is COc1cnc(CSc2nc3cc(OCC(F)(F)F)ccc3[nH]2)c(C)c1OC. The zero-order valence-electron chi connectivity index (χ0n) is 15.4. The van der Waals surface area contributed by atoms with Gasteiger partial charge >= 0.3 is 6.18 Å². The van der Waals surface area contributed by atoms with Gasteiger partial charge in [0.25, 0.3) is 0 Å². The van der Waals surface area contributed by atoms with Crippen LogP contribution in [0.25, 0.3) is 11.0 Å². The number of hydrogen-bond acceptors (Lipinski definition) is 6. The molecule has 0 aliphatic heterocycles. The first-order valence-corrected chi connectivity index (χ1v) is 9.18. The van der Waals surface area contributed by atoms with Gasteiger partial charge in [-0.15, -0.1) is 0 Å². The van der Waals surface area contributed by atoms with E-state index in [1.165, 1.54) is 23.9 Å². The maximum absolute atomic E-state index is 12.3. The van der Waals surface area contributed by atoms with Gasteiger partial charge < -0.3 is 19.2 Å². The summed E-state index contributed by atoms with van der Waals surface area (Å²) in [4.78, 5) is 11.9. The summed E-state index contributed by atoms with van der Waals surface area (Å²) in [6.45, 7) is 0.557. The number of benzene rings is 1. The van der Waals surface area contributed by atoms with E-state index in [9.17, 15) is 13.2 Å². The summed E-state index contributed by atoms with van der Waals surface area (Å²) in [5, 5.41) is 0.624. The van der Waals surface area contributed by atoms with Crippen LogP contribution in [0.4, 0.5) is 13.2 Å². The minimum atomic E-state index is -4.38. The monoisotopic (exact) mass is 413 g/mol. The average Bonchev–Trinajstić information content (AvgIpc) is 3.06. The molecule has 10 heteroatoms. The van der Waals surface area contributed by atoms with Gasteiger partial charge in [-0.3, -0.25) is 4.98 Å². The fourth-order valence-corrected chi connectivity index (χ4v) is 3.48. The maximum Gasteiger partial charge on any atom is 0.422 e. The molecule has 2 heterocycles. The molecule has 0 atom stereocenters. The van der Waals surface area contributed by atoms with Crippen LogP contribution in [0, 0.1) is 6.92 Å². The number of aromatic amines is 1. The standard InChI is InChI=1S/C18H18F3N3O3S/c1-10-14(22-7-15(25-2)16(10)26-3)8-28-17-23-12-5-4-11(6-13(12)24-17)27-9-18(19,20)21/h4-7H,8-9H2,1-3H3,(H,23,24). The van der Waals surface area contributed by atoms with Gasteiger partial charge in [-0.25, -0.2) is 4.98 Å². The summed E-state index contributed by atoms with van der Waals surface area (Å²) in [6, 6.07) is 4.58. The van der Waals surface area contributed by atoms with E-state index >= 15 is 0 Å². The molecule has 1 N–H and O–H groups in total. The third-order valence-corrected chi connectivity index (χ3v) is 4.82. The number of ether oxygens (including phenoxy) is 3. The lowest BCUT2D eigenvalue weighted by Crippen LogP contribution is -2.19. The molecule has 3 rings (SSSR count). The summed E-state index contributed by atoms with van der Waals surface area (Å²) in [6.07, 6.45) is -2.78. The Morgan fingerprint density at radius 2 is 1.96 bits per heavy atom. The summed E-state index contributed by atoms with van der Waals surface area (Å²) >= 11 is 1.42. The lowest BCUT2D eigenvalue weighted by molar-refractivity contribution is -0.153. The molecule has 0 aliphatic carbocycles. The molecular formula is C18H18F3N3O3S. The zero-order chi connectivity index (χ0) is 20.3. The molecule has 0 radical (unpaired) electrons. The lowest BCUT2D eigenvalue weighted by Gasteiger charge is -2.12. The smallest absolute Gasteiger partial charge is 0.422 e. The van der Waals surface area contributed by atoms with Crippen molar-refractivity contribution in [1.82, 2.24) is 15.0 Å². The van der Waals surface area contributed by atoms with Crippen LogP contribution in [0.3, 0.4) is 0 Å². The molecule has 0 spiro atoms. The molecule has 0 fully saturated rings. The summed E-state index contributed by atoms with van der Waals surface area (Å²) in [5.74, 6) is 1.84. The number of fused-ring (bicyclic) bond motifs is 1. The van der Waals surface area contributed by atoms with Gasteiger partial charge in [0, 0.05) is 17.4 Å². The van der Waals surface area contributed by atoms with Gasteiger partial charge in [-0.05, 0) is 19.1 Å². The maximum atomic E-state index is 12.3. The number of pyridine rings is 1. The Morgan fingerprint density at radius 3 is 2.64 bits per heavy atom. The summed E-state index contributed by atoms with van der Waals surface area (Å²) in [7, 11) is 3.12. The average molecular weight is 413 g/mol. The highest BCUT2D eigenvalue weighted by Gasteiger charge is 2.28. The fourth-order valence-electron chi connectivity index (χ4n) is 2.57. The third kappa shape index (κ3) is 4.61. The van der Waals surface area contributed by atoms with Crippen molar-refractivity contribution >= 4 is 22.8 Å². The van der Waals surface area contributed by atoms with Crippen molar-refractivity contribution in [2.24, 2.45) is 0 Å². The van der Waals surface area contributed by atoms with Gasteiger partial charge in [0.05, 0.1) is 37.1 Å². The minimum absolute atomic E-state index is 0.116. The van der Waals surface area contributed by atoms with Crippen LogP contribution in [0.2, 0.25) is 0 Å². The van der Waals surface area contributed by atoms with E-state index in [1.807, 2.05) is 6.92 Å². The van der Waals surface area contributed by atoms with Crippen LogP contribution in [0.15, 0.2) is 29.6 Å². The number of halogens is 3. The first kappa shape index (κ1) is 20.1. The van der Waals surface area contributed by atoms with Gasteiger partial charge in [0.1, 0.15) is 5.75 Å². The quantitative estimate of drug-likeness (QED) is 0.575. The fraction of sp³-hybridized carbons (Fsp3) is 0.333. The molecule has 3 aromatic rings. The van der Waals surface area contributed by atoms with Crippen LogP contribution in [0.1, 0.15) is 11.3 Å². The summed E-state index contributed by atoms with van der Waals surface area (Å²) in [5.41, 5.74) is 2.92. The van der Waals surface area contributed by atoms with E-state index in [-0.39, 0.29) is 5.75 Å². The number of hydrogen-bond donors (Lipinski definition) is 1. The van der Waals surface area contributed by atoms with Gasteiger partial charge in [-0.2, -0.15) is 13.2 Å². The van der Waals surface area contributed by atoms with Crippen molar-refractivity contribution in [3.63, 3.8) is 0 Å². The molecule has 0 amide bonds. The first-order chi connectivity index (χ1) is 13.3. The Hall–Kier alpha value is -2.62. The van der Waals surface area contributed by atoms with Crippen molar-refractivity contribution in [2.75, 3.05) is 20.8 Å². The topological polar surface area (TPSA) is 69.3 Å². The lowest BCUT2D eigenvalue weighted by atomic mass is 10.2. The second kappa shape index (κ2) is 8.17. The Morgan fingerprint density at radius 1 is 1.18 bits per heavy atom. The molecule has 28 heavy (non-hydrogen) atoms. The number of H-pyrrole nitrogens is 1. The molecule has 0 saturated carbocycles. The molecular weight excluding hydrogens is 395 g/mol. The van der Waals surface area contributed by atoms with Crippen molar-refractivity contribution in [2.45, 2.75) is 24.0 Å². The van der Waals surface area contributed by atoms with E-state index in [2.05, 4.69) is 15.0 Å². The van der Waals surface area contributed by atoms with E-state index in [0.29, 0.717) is 33.4 Å². The molecule has 2 aromatic heterocycles. The number of alkyl halides is 3. The summed E-state index contributed by atoms with van der Waals surface area (Å²) < 4.78 is 52.2. The van der Waals surface area contributed by atoms with E-state index < -0.39 is 12.8 Å². The number of aromatic nitrogens is 3. The Balaban J connectivity index is 1.73. The van der Waals surface area contributed by atoms with Crippen LogP contribution in [-0.4, -0.2) is 42.0 Å². The molecule has 0 saturated heterocycles. The first-order valence-electron chi connectivity index (χ1n) is 8.19. The van der Waals surface area contributed by atoms with Crippen molar-refractivity contribution in [1.29, 1.82) is 0 Å². The van der Waals surface area contributed by atoms with Crippen molar-refractivity contribution in [3.8, 4) is 17.2 Å². The van der Waals surface area contributed by atoms with Crippen LogP contribution in [-0.2, 0) is 5.75 Å². The highest BCUT2D eigenvalue weighted by atomic mass is 32.2. The highest BCUT2D eigenvalue weighted by Crippen LogP contribution is 2.33. The molecule has 1 aromatic carbocycles. The number of thioether (sulfide) groups is 1. The highest BCUT2D eigenvalue weighted by molar-refractivity contribution is 7.98. The molecule has 0 unspecified atom stereocenters. The number of nitrogens with one attached hydrogen (secondary N) is 1. The Labute approximate surface area is 163 Å². The van der Waals surface area contributed by atoms with Crippen LogP contribution >= 0.6 is 11.8 Å². The van der Waals surface area contributed by atoms with Gasteiger partial charge in [-0.1, -0.05) is 11.8 Å². The minimum Gasteiger partial charge on any atom is -0.492 e. The predicted octanol–water partition coefficient (Wildman–Crippen LogP) is 4.52. The molecule has 0 bridgehead atoms. The molecule has 0 aliphatic rings. The van der Waals surface area contributed by atoms with E-state index in [1.54, 1.807) is 26.5 Å². The second-order valence-electron chi connectivity index (χ2n) is 5.84. The van der Waals surface area contributed by atoms with Crippen molar-refractivity contribution in [3.05, 3.63) is 35.7 Å². The van der Waals surface area contributed by atoms with Crippen molar-refractivity contribution < 1.29 is 27.4 Å². The molecule has 6 nitrogen and oxygen atoms in total. The zero-order valence-corrected chi connectivity index (χ0v) is 16.2. The van der Waals surface area contributed by atoms with Gasteiger partial charge in [0.2, 0.25) is 0 Å². The Kier molecular flexibility index (Phi) is 5.87. The second-order valence-corrected chi connectivity index (χ2v) is 6.81. The van der Waals surface area contributed by atoms with Crippen LogP contribution < -0.4 is 14.2 Å². The Bertz CT molecular complexity index is 976. The third-order valence-electron chi connectivity index (χ3n) is 3.94. The largest absolute Gasteiger partial charge is 0.492 e. The van der Waals surface area contributed by atoms with Crippen LogP contribution in [0.5, 0.6) is 17.2 Å². The number of methoxy groups -OCH3 is 2. The van der Waals surface area contributed by atoms with E-state index in [0.717, 1.165) is 11.3 Å².